The highest BCUT2D eigenvalue weighted by Gasteiger charge is 2.44. The zero-order chi connectivity index (χ0) is 14.1. The molecule has 7 nitrogen and oxygen atoms in total. The van der Waals surface area contributed by atoms with E-state index in [4.69, 9.17) is 9.84 Å². The molecule has 0 bridgehead atoms. The maximum atomic E-state index is 9.97. The maximum absolute atomic E-state index is 9.97. The fourth-order valence-electron chi connectivity index (χ4n) is 2.33. The van der Waals surface area contributed by atoms with Gasteiger partial charge in [-0.2, -0.15) is 0 Å². The van der Waals surface area contributed by atoms with Gasteiger partial charge in [0, 0.05) is 18.5 Å². The fourth-order valence-corrected chi connectivity index (χ4v) is 3.21. The van der Waals surface area contributed by atoms with E-state index in [0.717, 1.165) is 31.0 Å². The molecular weight excluding hydrogens is 282 g/mol. The first kappa shape index (κ1) is 13.9. The van der Waals surface area contributed by atoms with E-state index in [1.165, 1.54) is 11.3 Å². The molecule has 1 aromatic heterocycles. The van der Waals surface area contributed by atoms with Gasteiger partial charge in [-0.25, -0.2) is 4.98 Å². The highest BCUT2D eigenvalue weighted by atomic mass is 32.1. The Morgan fingerprint density at radius 3 is 2.90 bits per heavy atom. The van der Waals surface area contributed by atoms with Gasteiger partial charge < -0.3 is 25.4 Å². The van der Waals surface area contributed by atoms with E-state index < -0.39 is 24.4 Å². The molecule has 2 aliphatic rings. The Labute approximate surface area is 120 Å². The van der Waals surface area contributed by atoms with Crippen molar-refractivity contribution in [1.82, 2.24) is 10.3 Å². The topological polar surface area (TPSA) is 107 Å². The lowest BCUT2D eigenvalue weighted by Gasteiger charge is -2.13. The van der Waals surface area contributed by atoms with Gasteiger partial charge in [0.25, 0.3) is 0 Å². The molecular formula is C12H17N3O4S. The van der Waals surface area contributed by atoms with Gasteiger partial charge in [0.05, 0.1) is 6.61 Å². The monoisotopic (exact) mass is 299 g/mol. The van der Waals surface area contributed by atoms with E-state index in [2.05, 4.69) is 15.3 Å². The average molecular weight is 299 g/mol. The van der Waals surface area contributed by atoms with E-state index in [1.807, 2.05) is 5.38 Å². The second-order valence-electron chi connectivity index (χ2n) is 4.84. The number of hydrogen-bond acceptors (Lipinski definition) is 8. The minimum absolute atomic E-state index is 0.332. The number of hydrogen-bond donors (Lipinski definition) is 4. The molecule has 0 unspecified atom stereocenters. The third kappa shape index (κ3) is 2.45. The SMILES string of the molecule is OC[C@H]1O[C@@H](c2nc(C3=NCCCN3)cs2)[C@H](O)[C@@H]1O. The summed E-state index contributed by atoms with van der Waals surface area (Å²) in [4.78, 5) is 8.78. The van der Waals surface area contributed by atoms with Gasteiger partial charge in [-0.3, -0.25) is 4.99 Å². The molecule has 0 spiro atoms. The summed E-state index contributed by atoms with van der Waals surface area (Å²) >= 11 is 1.35. The lowest BCUT2D eigenvalue weighted by atomic mass is 10.1. The number of aromatic nitrogens is 1. The Morgan fingerprint density at radius 1 is 1.40 bits per heavy atom. The Hall–Kier alpha value is -1.06. The third-order valence-electron chi connectivity index (χ3n) is 3.45. The number of aliphatic hydroxyl groups excluding tert-OH is 3. The molecule has 0 aliphatic carbocycles. The second-order valence-corrected chi connectivity index (χ2v) is 5.73. The van der Waals surface area contributed by atoms with Gasteiger partial charge in [-0.15, -0.1) is 11.3 Å². The lowest BCUT2D eigenvalue weighted by Crippen LogP contribution is -2.32. The minimum atomic E-state index is -1.09. The first-order chi connectivity index (χ1) is 9.70. The van der Waals surface area contributed by atoms with Crippen LogP contribution in [0.3, 0.4) is 0 Å². The maximum Gasteiger partial charge on any atom is 0.148 e. The summed E-state index contributed by atoms with van der Waals surface area (Å²) in [6, 6.07) is 0. The summed E-state index contributed by atoms with van der Waals surface area (Å²) in [5.74, 6) is 0.755. The largest absolute Gasteiger partial charge is 0.394 e. The van der Waals surface area contributed by atoms with E-state index in [1.54, 1.807) is 0 Å². The van der Waals surface area contributed by atoms with Crippen LogP contribution in [0.1, 0.15) is 23.2 Å². The summed E-state index contributed by atoms with van der Waals surface area (Å²) in [7, 11) is 0. The van der Waals surface area contributed by atoms with Crippen LogP contribution in [-0.4, -0.2) is 64.1 Å². The number of nitrogens with zero attached hydrogens (tertiary/aromatic N) is 2. The van der Waals surface area contributed by atoms with Gasteiger partial charge in [0.15, 0.2) is 0 Å². The van der Waals surface area contributed by atoms with Gasteiger partial charge in [-0.05, 0) is 6.42 Å². The summed E-state index contributed by atoms with van der Waals surface area (Å²) in [5.41, 5.74) is 0.724. The van der Waals surface area contributed by atoms with Crippen molar-refractivity contribution in [1.29, 1.82) is 0 Å². The molecule has 4 N–H and O–H groups in total. The smallest absolute Gasteiger partial charge is 0.148 e. The molecule has 1 fully saturated rings. The van der Waals surface area contributed by atoms with Crippen molar-refractivity contribution in [2.75, 3.05) is 19.7 Å². The van der Waals surface area contributed by atoms with Crippen LogP contribution in [0.5, 0.6) is 0 Å². The molecule has 20 heavy (non-hydrogen) atoms. The molecule has 0 aromatic carbocycles. The Bertz CT molecular complexity index is 507. The Kier molecular flexibility index (Phi) is 3.99. The van der Waals surface area contributed by atoms with Gasteiger partial charge in [-0.1, -0.05) is 0 Å². The van der Waals surface area contributed by atoms with E-state index in [9.17, 15) is 10.2 Å². The predicted octanol–water partition coefficient (Wildman–Crippen LogP) is -0.963. The van der Waals surface area contributed by atoms with Gasteiger partial charge >= 0.3 is 0 Å². The summed E-state index contributed by atoms with van der Waals surface area (Å²) in [6.45, 7) is 1.32. The molecule has 8 heteroatoms. The van der Waals surface area contributed by atoms with Crippen LogP contribution in [0, 0.1) is 0 Å². The second kappa shape index (κ2) is 5.74. The normalized spacial score (nSPS) is 33.9. The van der Waals surface area contributed by atoms with E-state index in [-0.39, 0.29) is 6.61 Å². The van der Waals surface area contributed by atoms with Crippen LogP contribution in [-0.2, 0) is 4.74 Å². The van der Waals surface area contributed by atoms with Crippen molar-refractivity contribution in [3.63, 3.8) is 0 Å². The third-order valence-corrected chi connectivity index (χ3v) is 4.35. The number of thiazole rings is 1. The number of nitrogens with one attached hydrogen (secondary N) is 1. The van der Waals surface area contributed by atoms with Crippen molar-refractivity contribution >= 4 is 17.2 Å². The van der Waals surface area contributed by atoms with Crippen molar-refractivity contribution in [3.05, 3.63) is 16.1 Å². The minimum Gasteiger partial charge on any atom is -0.394 e. The van der Waals surface area contributed by atoms with Crippen molar-refractivity contribution in [2.45, 2.75) is 30.8 Å². The van der Waals surface area contributed by atoms with Crippen LogP contribution < -0.4 is 5.32 Å². The molecule has 4 atom stereocenters. The molecule has 2 aliphatic heterocycles. The highest BCUT2D eigenvalue weighted by molar-refractivity contribution is 7.09. The van der Waals surface area contributed by atoms with Crippen LogP contribution in [0.15, 0.2) is 10.4 Å². The van der Waals surface area contributed by atoms with Gasteiger partial charge in [0.1, 0.15) is 41.0 Å². The van der Waals surface area contributed by atoms with Crippen molar-refractivity contribution < 1.29 is 20.1 Å². The number of aliphatic imine (C=N–C) groups is 1. The number of aliphatic hydroxyl groups is 3. The van der Waals surface area contributed by atoms with Gasteiger partial charge in [0.2, 0.25) is 0 Å². The average Bonchev–Trinajstić information content (AvgIpc) is 3.07. The first-order valence-corrected chi connectivity index (χ1v) is 7.45. The lowest BCUT2D eigenvalue weighted by molar-refractivity contribution is -0.0228. The van der Waals surface area contributed by atoms with Crippen molar-refractivity contribution in [3.8, 4) is 0 Å². The summed E-state index contributed by atoms with van der Waals surface area (Å²) < 4.78 is 5.46. The molecule has 110 valence electrons. The van der Waals surface area contributed by atoms with Crippen LogP contribution in [0.25, 0.3) is 0 Å². The highest BCUT2D eigenvalue weighted by Crippen LogP contribution is 2.35. The molecule has 1 saturated heterocycles. The predicted molar refractivity (Wildman–Crippen MR) is 72.9 cm³/mol. The first-order valence-electron chi connectivity index (χ1n) is 6.57. The molecule has 3 rings (SSSR count). The zero-order valence-corrected chi connectivity index (χ0v) is 11.6. The summed E-state index contributed by atoms with van der Waals surface area (Å²) in [5, 5.41) is 34.4. The summed E-state index contributed by atoms with van der Waals surface area (Å²) in [6.07, 6.45) is -2.64. The van der Waals surface area contributed by atoms with Crippen LogP contribution in [0.2, 0.25) is 0 Å². The van der Waals surface area contributed by atoms with Crippen molar-refractivity contribution in [2.24, 2.45) is 4.99 Å². The number of rotatable bonds is 3. The number of amidine groups is 1. The van der Waals surface area contributed by atoms with Crippen LogP contribution >= 0.6 is 11.3 Å². The number of ether oxygens (including phenoxy) is 1. The molecule has 3 heterocycles. The van der Waals surface area contributed by atoms with E-state index in [0.29, 0.717) is 5.01 Å². The Balaban J connectivity index is 1.78. The van der Waals surface area contributed by atoms with E-state index >= 15 is 0 Å². The quantitative estimate of drug-likeness (QED) is 0.572. The molecule has 0 saturated carbocycles. The zero-order valence-electron chi connectivity index (χ0n) is 10.8. The Morgan fingerprint density at radius 2 is 2.25 bits per heavy atom. The standard InChI is InChI=1S/C12H17N3O4S/c16-4-7-8(17)9(18)10(19-7)12-15-6(5-20-12)11-13-2-1-3-14-11/h5,7-10,16-18H,1-4H2,(H,13,14)/t7-,8-,9-,10-/m1/s1. The molecule has 0 radical (unpaired) electrons. The van der Waals surface area contributed by atoms with Crippen LogP contribution in [0.4, 0.5) is 0 Å². The molecule has 0 amide bonds. The fraction of sp³-hybridized carbons (Fsp3) is 0.667. The molecule has 1 aromatic rings.